The third-order valence-corrected chi connectivity index (χ3v) is 2.78. The summed E-state index contributed by atoms with van der Waals surface area (Å²) in [5.41, 5.74) is 1.93. The standard InChI is InChI=1S/C10H8FIN2/c1-6-5-13-10(14-6)8-3-2-7(11)4-9(8)12/h2-5H,1H3,(H,13,14). The predicted octanol–water partition coefficient (Wildman–Crippen LogP) is 3.13. The number of halogens is 2. The van der Waals surface area contributed by atoms with E-state index in [0.29, 0.717) is 0 Å². The van der Waals surface area contributed by atoms with Gasteiger partial charge in [0.2, 0.25) is 0 Å². The Morgan fingerprint density at radius 3 is 2.79 bits per heavy atom. The second kappa shape index (κ2) is 3.68. The molecule has 0 fully saturated rings. The minimum absolute atomic E-state index is 0.221. The molecule has 0 saturated carbocycles. The number of hydrogen-bond acceptors (Lipinski definition) is 1. The maximum atomic E-state index is 12.8. The van der Waals surface area contributed by atoms with Crippen molar-refractivity contribution in [3.05, 3.63) is 39.5 Å². The average Bonchev–Trinajstić information content (AvgIpc) is 2.51. The minimum atomic E-state index is -0.221. The van der Waals surface area contributed by atoms with E-state index in [0.717, 1.165) is 20.7 Å². The zero-order valence-electron chi connectivity index (χ0n) is 7.51. The number of benzene rings is 1. The molecule has 1 aromatic heterocycles. The van der Waals surface area contributed by atoms with Gasteiger partial charge in [0.15, 0.2) is 0 Å². The molecule has 4 heteroatoms. The van der Waals surface area contributed by atoms with E-state index >= 15 is 0 Å². The van der Waals surface area contributed by atoms with E-state index in [-0.39, 0.29) is 5.82 Å². The van der Waals surface area contributed by atoms with Crippen molar-refractivity contribution in [2.75, 3.05) is 0 Å². The van der Waals surface area contributed by atoms with Gasteiger partial charge in [0.25, 0.3) is 0 Å². The predicted molar refractivity (Wildman–Crippen MR) is 61.4 cm³/mol. The van der Waals surface area contributed by atoms with Crippen LogP contribution in [0.15, 0.2) is 24.4 Å². The van der Waals surface area contributed by atoms with Crippen LogP contribution in [0.4, 0.5) is 4.39 Å². The highest BCUT2D eigenvalue weighted by atomic mass is 127. The highest BCUT2D eigenvalue weighted by molar-refractivity contribution is 14.1. The number of H-pyrrole nitrogens is 1. The van der Waals surface area contributed by atoms with Crippen molar-refractivity contribution >= 4 is 22.6 Å². The van der Waals surface area contributed by atoms with Gasteiger partial charge >= 0.3 is 0 Å². The fourth-order valence-corrected chi connectivity index (χ4v) is 1.96. The van der Waals surface area contributed by atoms with Crippen molar-refractivity contribution in [1.29, 1.82) is 0 Å². The lowest BCUT2D eigenvalue weighted by Crippen LogP contribution is -1.86. The smallest absolute Gasteiger partial charge is 0.138 e. The quantitative estimate of drug-likeness (QED) is 0.806. The largest absolute Gasteiger partial charge is 0.342 e. The van der Waals surface area contributed by atoms with Gasteiger partial charge < -0.3 is 4.98 Å². The van der Waals surface area contributed by atoms with Crippen molar-refractivity contribution in [1.82, 2.24) is 9.97 Å². The number of aryl methyl sites for hydroxylation is 1. The summed E-state index contributed by atoms with van der Waals surface area (Å²) in [7, 11) is 0. The SMILES string of the molecule is Cc1cnc(-c2ccc(F)cc2I)[nH]1. The molecule has 1 heterocycles. The first-order valence-electron chi connectivity index (χ1n) is 4.14. The Morgan fingerprint density at radius 1 is 1.43 bits per heavy atom. The van der Waals surface area contributed by atoms with E-state index in [2.05, 4.69) is 32.6 Å². The first-order valence-corrected chi connectivity index (χ1v) is 5.22. The highest BCUT2D eigenvalue weighted by Gasteiger charge is 2.06. The van der Waals surface area contributed by atoms with Crippen LogP contribution in [0.2, 0.25) is 0 Å². The zero-order chi connectivity index (χ0) is 10.1. The maximum Gasteiger partial charge on any atom is 0.138 e. The van der Waals surface area contributed by atoms with Crippen molar-refractivity contribution in [2.45, 2.75) is 6.92 Å². The molecule has 2 aromatic rings. The molecule has 0 aliphatic rings. The molecule has 0 saturated heterocycles. The van der Waals surface area contributed by atoms with E-state index in [1.807, 2.05) is 6.92 Å². The Balaban J connectivity index is 2.52. The number of aromatic nitrogens is 2. The van der Waals surface area contributed by atoms with Crippen molar-refractivity contribution < 1.29 is 4.39 Å². The molecule has 0 unspecified atom stereocenters. The summed E-state index contributed by atoms with van der Waals surface area (Å²) in [5, 5.41) is 0. The summed E-state index contributed by atoms with van der Waals surface area (Å²) in [6, 6.07) is 4.67. The number of rotatable bonds is 1. The normalized spacial score (nSPS) is 10.5. The highest BCUT2D eigenvalue weighted by Crippen LogP contribution is 2.23. The Kier molecular flexibility index (Phi) is 2.54. The first-order chi connectivity index (χ1) is 6.66. The molecule has 0 amide bonds. The van der Waals surface area contributed by atoms with Crippen LogP contribution in [0.5, 0.6) is 0 Å². The van der Waals surface area contributed by atoms with Gasteiger partial charge in [-0.3, -0.25) is 0 Å². The van der Waals surface area contributed by atoms with Crippen LogP contribution in [-0.2, 0) is 0 Å². The molecule has 0 spiro atoms. The second-order valence-corrected chi connectivity index (χ2v) is 4.20. The lowest BCUT2D eigenvalue weighted by Gasteiger charge is -2.00. The van der Waals surface area contributed by atoms with Gasteiger partial charge in [0, 0.05) is 21.0 Å². The monoisotopic (exact) mass is 302 g/mol. The molecule has 1 aromatic carbocycles. The summed E-state index contributed by atoms with van der Waals surface area (Å²) in [6.07, 6.45) is 1.76. The van der Waals surface area contributed by atoms with Gasteiger partial charge in [-0.05, 0) is 47.7 Å². The van der Waals surface area contributed by atoms with E-state index < -0.39 is 0 Å². The number of hydrogen-bond donors (Lipinski definition) is 1. The zero-order valence-corrected chi connectivity index (χ0v) is 9.67. The van der Waals surface area contributed by atoms with Crippen LogP contribution in [0, 0.1) is 16.3 Å². The van der Waals surface area contributed by atoms with E-state index in [1.165, 1.54) is 12.1 Å². The number of aromatic amines is 1. The van der Waals surface area contributed by atoms with Crippen LogP contribution in [0.3, 0.4) is 0 Å². The van der Waals surface area contributed by atoms with Crippen molar-refractivity contribution in [3.8, 4) is 11.4 Å². The topological polar surface area (TPSA) is 28.7 Å². The van der Waals surface area contributed by atoms with Gasteiger partial charge in [-0.25, -0.2) is 9.37 Å². The molecule has 0 atom stereocenters. The Bertz CT molecular complexity index is 465. The molecule has 2 rings (SSSR count). The molecule has 1 N–H and O–H groups in total. The average molecular weight is 302 g/mol. The van der Waals surface area contributed by atoms with Crippen LogP contribution in [0.25, 0.3) is 11.4 Å². The van der Waals surface area contributed by atoms with Crippen molar-refractivity contribution in [3.63, 3.8) is 0 Å². The molecule has 0 aliphatic heterocycles. The maximum absolute atomic E-state index is 12.8. The molecule has 0 aliphatic carbocycles. The fraction of sp³-hybridized carbons (Fsp3) is 0.100. The summed E-state index contributed by atoms with van der Waals surface area (Å²) >= 11 is 2.10. The van der Waals surface area contributed by atoms with E-state index in [1.54, 1.807) is 12.3 Å². The summed E-state index contributed by atoms with van der Waals surface area (Å²) in [5.74, 6) is 0.563. The molecule has 2 nitrogen and oxygen atoms in total. The molecule has 72 valence electrons. The van der Waals surface area contributed by atoms with E-state index in [9.17, 15) is 4.39 Å². The molecular weight excluding hydrogens is 294 g/mol. The Morgan fingerprint density at radius 2 is 2.21 bits per heavy atom. The number of imidazole rings is 1. The molecule has 0 bridgehead atoms. The first kappa shape index (κ1) is 9.64. The molecular formula is C10H8FIN2. The van der Waals surface area contributed by atoms with Gasteiger partial charge in [0.05, 0.1) is 0 Å². The van der Waals surface area contributed by atoms with Gasteiger partial charge in [0.1, 0.15) is 11.6 Å². The van der Waals surface area contributed by atoms with Crippen LogP contribution >= 0.6 is 22.6 Å². The fourth-order valence-electron chi connectivity index (χ4n) is 1.23. The summed E-state index contributed by atoms with van der Waals surface area (Å²) < 4.78 is 13.7. The van der Waals surface area contributed by atoms with Crippen LogP contribution < -0.4 is 0 Å². The van der Waals surface area contributed by atoms with Gasteiger partial charge in [-0.15, -0.1) is 0 Å². The summed E-state index contributed by atoms with van der Waals surface area (Å²) in [4.78, 5) is 7.31. The van der Waals surface area contributed by atoms with Crippen molar-refractivity contribution in [2.24, 2.45) is 0 Å². The lowest BCUT2D eigenvalue weighted by molar-refractivity contribution is 0.627. The summed E-state index contributed by atoms with van der Waals surface area (Å²) in [6.45, 7) is 1.94. The number of nitrogens with one attached hydrogen (secondary N) is 1. The second-order valence-electron chi connectivity index (χ2n) is 3.04. The number of nitrogens with zero attached hydrogens (tertiary/aromatic N) is 1. The van der Waals surface area contributed by atoms with Crippen LogP contribution in [-0.4, -0.2) is 9.97 Å². The minimum Gasteiger partial charge on any atom is -0.342 e. The van der Waals surface area contributed by atoms with E-state index in [4.69, 9.17) is 0 Å². The third kappa shape index (κ3) is 1.79. The third-order valence-electron chi connectivity index (χ3n) is 1.89. The van der Waals surface area contributed by atoms with Gasteiger partial charge in [-0.1, -0.05) is 0 Å². The molecule has 14 heavy (non-hydrogen) atoms. The lowest BCUT2D eigenvalue weighted by atomic mass is 10.2. The molecule has 0 radical (unpaired) electrons. The Hall–Kier alpha value is -0.910. The van der Waals surface area contributed by atoms with Gasteiger partial charge in [-0.2, -0.15) is 0 Å². The Labute approximate surface area is 94.7 Å². The van der Waals surface area contributed by atoms with Crippen LogP contribution in [0.1, 0.15) is 5.69 Å².